The molecule has 114 valence electrons. The first-order valence-corrected chi connectivity index (χ1v) is 8.60. The molecule has 0 aliphatic carbocycles. The van der Waals surface area contributed by atoms with E-state index in [1.807, 2.05) is 20.8 Å². The molecule has 0 aromatic rings. The van der Waals surface area contributed by atoms with Crippen molar-refractivity contribution in [3.8, 4) is 0 Å². The van der Waals surface area contributed by atoms with Gasteiger partial charge in [-0.3, -0.25) is 0 Å². The largest absolute Gasteiger partial charge is 0.389 e. The van der Waals surface area contributed by atoms with Crippen molar-refractivity contribution in [1.29, 1.82) is 0 Å². The summed E-state index contributed by atoms with van der Waals surface area (Å²) in [7, 11) is -3.31. The summed E-state index contributed by atoms with van der Waals surface area (Å²) in [4.78, 5) is 2.15. The maximum Gasteiger partial charge on any atom is 0.212 e. The number of rotatable bonds is 8. The smallest absolute Gasteiger partial charge is 0.212 e. The summed E-state index contributed by atoms with van der Waals surface area (Å²) in [6.45, 7) is 8.53. The molecule has 1 saturated heterocycles. The number of nitrogens with zero attached hydrogens (tertiary/aromatic N) is 1. The quantitative estimate of drug-likeness (QED) is 0.647. The minimum Gasteiger partial charge on any atom is -0.389 e. The van der Waals surface area contributed by atoms with Crippen molar-refractivity contribution in [3.63, 3.8) is 0 Å². The predicted molar refractivity (Wildman–Crippen MR) is 74.5 cm³/mol. The van der Waals surface area contributed by atoms with Crippen LogP contribution in [0.2, 0.25) is 0 Å². The molecule has 1 aliphatic heterocycles. The first-order valence-electron chi connectivity index (χ1n) is 6.95. The fourth-order valence-electron chi connectivity index (χ4n) is 2.24. The summed E-state index contributed by atoms with van der Waals surface area (Å²) in [6, 6.07) is -0.530. The monoisotopic (exact) mass is 294 g/mol. The summed E-state index contributed by atoms with van der Waals surface area (Å²) in [6.07, 6.45) is -0.552. The molecule has 1 fully saturated rings. The molecule has 0 bridgehead atoms. The normalized spacial score (nSPS) is 28.2. The van der Waals surface area contributed by atoms with Crippen LogP contribution >= 0.6 is 0 Å². The molecule has 0 amide bonds. The number of aliphatic hydroxyl groups excluding tert-OH is 1. The lowest BCUT2D eigenvalue weighted by Gasteiger charge is -2.24. The van der Waals surface area contributed by atoms with Gasteiger partial charge in [-0.25, -0.2) is 13.1 Å². The van der Waals surface area contributed by atoms with Crippen LogP contribution in [0.3, 0.4) is 0 Å². The molecule has 1 rings (SSSR count). The van der Waals surface area contributed by atoms with Gasteiger partial charge in [0.1, 0.15) is 0 Å². The Labute approximate surface area is 116 Å². The molecular weight excluding hydrogens is 268 g/mol. The van der Waals surface area contributed by atoms with Crippen LogP contribution in [-0.4, -0.2) is 68.7 Å². The molecule has 2 N–H and O–H groups in total. The summed E-state index contributed by atoms with van der Waals surface area (Å²) in [5, 5.41) is 10.1. The third-order valence-corrected chi connectivity index (χ3v) is 5.03. The Morgan fingerprint density at radius 1 is 1.32 bits per heavy atom. The van der Waals surface area contributed by atoms with Crippen molar-refractivity contribution in [2.24, 2.45) is 0 Å². The first kappa shape index (κ1) is 16.8. The molecule has 0 unspecified atom stereocenters. The zero-order valence-electron chi connectivity index (χ0n) is 12.0. The van der Waals surface area contributed by atoms with E-state index in [9.17, 15) is 13.5 Å². The number of likely N-dealkylation sites (N-methyl/N-ethyl adjacent to an activating group) is 1. The fraction of sp³-hybridized carbons (Fsp3) is 1.00. The summed E-state index contributed by atoms with van der Waals surface area (Å²) in [5.74, 6) is 0.0803. The van der Waals surface area contributed by atoms with Gasteiger partial charge in [-0.1, -0.05) is 20.8 Å². The van der Waals surface area contributed by atoms with Crippen LogP contribution in [-0.2, 0) is 14.8 Å². The van der Waals surface area contributed by atoms with Crippen LogP contribution in [0, 0.1) is 0 Å². The third-order valence-electron chi connectivity index (χ3n) is 3.42. The van der Waals surface area contributed by atoms with Gasteiger partial charge < -0.3 is 14.7 Å². The van der Waals surface area contributed by atoms with Crippen LogP contribution < -0.4 is 4.72 Å². The molecule has 0 spiro atoms. The number of sulfonamides is 1. The van der Waals surface area contributed by atoms with Crippen molar-refractivity contribution in [3.05, 3.63) is 0 Å². The van der Waals surface area contributed by atoms with Crippen molar-refractivity contribution >= 4 is 10.0 Å². The lowest BCUT2D eigenvalue weighted by Crippen LogP contribution is -2.47. The van der Waals surface area contributed by atoms with E-state index in [1.165, 1.54) is 0 Å². The lowest BCUT2D eigenvalue weighted by molar-refractivity contribution is 0.0175. The Bertz CT molecular complexity index is 357. The molecule has 1 heterocycles. The van der Waals surface area contributed by atoms with Gasteiger partial charge in [0.15, 0.2) is 0 Å². The molecule has 0 radical (unpaired) electrons. The van der Waals surface area contributed by atoms with Crippen molar-refractivity contribution in [2.45, 2.75) is 45.4 Å². The van der Waals surface area contributed by atoms with Gasteiger partial charge in [0, 0.05) is 6.54 Å². The average molecular weight is 294 g/mol. The van der Waals surface area contributed by atoms with Crippen molar-refractivity contribution < 1.29 is 18.3 Å². The van der Waals surface area contributed by atoms with E-state index in [0.717, 1.165) is 13.1 Å². The zero-order chi connectivity index (χ0) is 14.5. The minimum atomic E-state index is -3.31. The molecule has 19 heavy (non-hydrogen) atoms. The van der Waals surface area contributed by atoms with Gasteiger partial charge in [-0.15, -0.1) is 0 Å². The standard InChI is InChI=1S/C12H26N2O4S/c1-4-7-19(16,17)13-10-9-18-11(12(10)15)8-14(5-2)6-3/h10-13,15H,4-9H2,1-3H3/t10-,11-,12+/m0/s1. The molecule has 0 saturated carbocycles. The highest BCUT2D eigenvalue weighted by Crippen LogP contribution is 2.16. The Kier molecular flexibility index (Phi) is 6.68. The second kappa shape index (κ2) is 7.54. The number of hydrogen-bond donors (Lipinski definition) is 2. The third kappa shape index (κ3) is 5.00. The van der Waals surface area contributed by atoms with Gasteiger partial charge >= 0.3 is 0 Å². The van der Waals surface area contributed by atoms with E-state index in [4.69, 9.17) is 4.74 Å². The van der Waals surface area contributed by atoms with E-state index in [0.29, 0.717) is 13.0 Å². The lowest BCUT2D eigenvalue weighted by atomic mass is 10.1. The highest BCUT2D eigenvalue weighted by molar-refractivity contribution is 7.89. The molecule has 6 nitrogen and oxygen atoms in total. The Morgan fingerprint density at radius 2 is 1.95 bits per heavy atom. The number of ether oxygens (including phenoxy) is 1. The van der Waals surface area contributed by atoms with Crippen LogP contribution in [0.15, 0.2) is 0 Å². The molecule has 3 atom stereocenters. The topological polar surface area (TPSA) is 78.9 Å². The van der Waals surface area contributed by atoms with E-state index in [1.54, 1.807) is 0 Å². The first-order chi connectivity index (χ1) is 8.93. The van der Waals surface area contributed by atoms with Gasteiger partial charge in [-0.05, 0) is 19.5 Å². The Balaban J connectivity index is 2.53. The molecule has 0 aromatic heterocycles. The number of nitrogens with one attached hydrogen (secondary N) is 1. The van der Waals surface area contributed by atoms with Gasteiger partial charge in [0.25, 0.3) is 0 Å². The Hall–Kier alpha value is -0.210. The van der Waals surface area contributed by atoms with Crippen molar-refractivity contribution in [2.75, 3.05) is 32.0 Å². The summed E-state index contributed by atoms with van der Waals surface area (Å²) >= 11 is 0. The van der Waals surface area contributed by atoms with Gasteiger partial charge in [0.2, 0.25) is 10.0 Å². The van der Waals surface area contributed by atoms with Crippen LogP contribution in [0.1, 0.15) is 27.2 Å². The summed E-state index contributed by atoms with van der Waals surface area (Å²) < 4.78 is 31.4. The Morgan fingerprint density at radius 3 is 2.47 bits per heavy atom. The predicted octanol–water partition coefficient (Wildman–Crippen LogP) is -0.214. The van der Waals surface area contributed by atoms with Crippen LogP contribution in [0.5, 0.6) is 0 Å². The molecule has 1 aliphatic rings. The van der Waals surface area contributed by atoms with E-state index in [-0.39, 0.29) is 18.5 Å². The maximum atomic E-state index is 11.7. The second-order valence-electron chi connectivity index (χ2n) is 4.89. The molecule has 7 heteroatoms. The van der Waals surface area contributed by atoms with E-state index in [2.05, 4.69) is 9.62 Å². The minimum absolute atomic E-state index is 0.0803. The fourth-order valence-corrected chi connectivity index (χ4v) is 3.57. The second-order valence-corrected chi connectivity index (χ2v) is 6.76. The molecular formula is C12H26N2O4S. The maximum absolute atomic E-state index is 11.7. The zero-order valence-corrected chi connectivity index (χ0v) is 12.8. The number of aliphatic hydroxyl groups is 1. The molecule has 0 aromatic carbocycles. The van der Waals surface area contributed by atoms with E-state index >= 15 is 0 Å². The highest BCUT2D eigenvalue weighted by Gasteiger charge is 2.38. The highest BCUT2D eigenvalue weighted by atomic mass is 32.2. The number of hydrogen-bond acceptors (Lipinski definition) is 5. The average Bonchev–Trinajstić information content (AvgIpc) is 2.67. The van der Waals surface area contributed by atoms with E-state index < -0.39 is 22.2 Å². The SMILES string of the molecule is CCCS(=O)(=O)N[C@H]1CO[C@@H](CN(CC)CC)[C@@H]1O. The van der Waals surface area contributed by atoms with Gasteiger partial charge in [0.05, 0.1) is 30.6 Å². The van der Waals surface area contributed by atoms with Crippen LogP contribution in [0.4, 0.5) is 0 Å². The van der Waals surface area contributed by atoms with Crippen LogP contribution in [0.25, 0.3) is 0 Å². The van der Waals surface area contributed by atoms with Crippen molar-refractivity contribution in [1.82, 2.24) is 9.62 Å². The van der Waals surface area contributed by atoms with Gasteiger partial charge in [-0.2, -0.15) is 0 Å². The summed E-state index contributed by atoms with van der Waals surface area (Å²) in [5.41, 5.74) is 0.